The molecule has 1 amide bonds. The summed E-state index contributed by atoms with van der Waals surface area (Å²) in [5, 5.41) is 22.9. The summed E-state index contributed by atoms with van der Waals surface area (Å²) in [5.74, 6) is -0.0695. The molecule has 0 saturated carbocycles. The van der Waals surface area contributed by atoms with Gasteiger partial charge in [0.15, 0.2) is 0 Å². The Morgan fingerprint density at radius 3 is 1.13 bits per heavy atom. The zero-order valence-electron chi connectivity index (χ0n) is 42.3. The summed E-state index contributed by atoms with van der Waals surface area (Å²) in [6, 6.07) is -0.632. The highest BCUT2D eigenvalue weighted by molar-refractivity contribution is 5.76. The summed E-state index contributed by atoms with van der Waals surface area (Å²) in [6.45, 7) is 4.88. The standard InChI is InChI=1S/C57H109NO5/c1-3-5-7-9-11-13-15-16-17-25-28-31-35-39-43-47-51-57(62)63-52-48-44-40-36-32-29-26-23-21-19-18-20-22-24-27-30-34-38-42-46-50-56(61)58-54(53-59)55(60)49-45-41-37-33-14-12-10-8-6-4-2/h18,20,45,49,54-55,59-60H,3-17,19,21-44,46-48,50-53H2,1-2H3,(H,58,61)/b20-18-,49-45+. The van der Waals surface area contributed by atoms with Crippen LogP contribution in [0.25, 0.3) is 0 Å². The van der Waals surface area contributed by atoms with Crippen LogP contribution in [0.15, 0.2) is 24.3 Å². The second-order valence-corrected chi connectivity index (χ2v) is 19.3. The average molecular weight is 889 g/mol. The first-order valence-electron chi connectivity index (χ1n) is 28.1. The molecule has 0 aromatic heterocycles. The van der Waals surface area contributed by atoms with Crippen LogP contribution in [0.1, 0.15) is 303 Å². The Morgan fingerprint density at radius 2 is 0.746 bits per heavy atom. The molecule has 6 heteroatoms. The molecule has 0 rings (SSSR count). The van der Waals surface area contributed by atoms with E-state index < -0.39 is 12.1 Å². The Hall–Kier alpha value is -1.66. The number of nitrogens with one attached hydrogen (secondary N) is 1. The van der Waals surface area contributed by atoms with Gasteiger partial charge in [0.25, 0.3) is 0 Å². The molecule has 0 saturated heterocycles. The molecule has 0 heterocycles. The lowest BCUT2D eigenvalue weighted by molar-refractivity contribution is -0.143. The number of unbranched alkanes of at least 4 members (excludes halogenated alkanes) is 39. The number of esters is 1. The highest BCUT2D eigenvalue weighted by Gasteiger charge is 2.18. The molecule has 0 aliphatic rings. The third kappa shape index (κ3) is 49.6. The average Bonchev–Trinajstić information content (AvgIpc) is 3.28. The molecule has 6 nitrogen and oxygen atoms in total. The van der Waals surface area contributed by atoms with Crippen LogP contribution in [0.3, 0.4) is 0 Å². The van der Waals surface area contributed by atoms with E-state index in [9.17, 15) is 19.8 Å². The van der Waals surface area contributed by atoms with Gasteiger partial charge in [-0.25, -0.2) is 0 Å². The smallest absolute Gasteiger partial charge is 0.305 e. The van der Waals surface area contributed by atoms with E-state index in [4.69, 9.17) is 4.74 Å². The van der Waals surface area contributed by atoms with Crippen molar-refractivity contribution < 1.29 is 24.5 Å². The summed E-state index contributed by atoms with van der Waals surface area (Å²) < 4.78 is 5.48. The first-order valence-corrected chi connectivity index (χ1v) is 28.1. The number of amides is 1. The zero-order valence-corrected chi connectivity index (χ0v) is 42.3. The zero-order chi connectivity index (χ0) is 45.8. The topological polar surface area (TPSA) is 95.9 Å². The van der Waals surface area contributed by atoms with Crippen molar-refractivity contribution >= 4 is 11.9 Å². The molecule has 0 spiro atoms. The number of aliphatic hydroxyl groups is 2. The predicted molar refractivity (Wildman–Crippen MR) is 273 cm³/mol. The van der Waals surface area contributed by atoms with E-state index in [1.54, 1.807) is 6.08 Å². The van der Waals surface area contributed by atoms with Gasteiger partial charge in [0.2, 0.25) is 5.91 Å². The fourth-order valence-corrected chi connectivity index (χ4v) is 8.63. The molecule has 0 fully saturated rings. The van der Waals surface area contributed by atoms with Gasteiger partial charge in [0.05, 0.1) is 25.4 Å². The minimum atomic E-state index is -0.847. The van der Waals surface area contributed by atoms with Crippen molar-refractivity contribution in [2.45, 2.75) is 315 Å². The van der Waals surface area contributed by atoms with Crippen LogP contribution < -0.4 is 5.32 Å². The van der Waals surface area contributed by atoms with Crippen LogP contribution in [0.5, 0.6) is 0 Å². The monoisotopic (exact) mass is 888 g/mol. The van der Waals surface area contributed by atoms with Crippen LogP contribution in [-0.4, -0.2) is 47.4 Å². The van der Waals surface area contributed by atoms with E-state index in [0.29, 0.717) is 19.4 Å². The van der Waals surface area contributed by atoms with E-state index in [1.165, 1.54) is 231 Å². The normalized spacial score (nSPS) is 12.8. The van der Waals surface area contributed by atoms with E-state index in [-0.39, 0.29) is 18.5 Å². The van der Waals surface area contributed by atoms with Crippen LogP contribution in [0.4, 0.5) is 0 Å². The summed E-state index contributed by atoms with van der Waals surface area (Å²) in [5.41, 5.74) is 0. The Kier molecular flexibility index (Phi) is 51.6. The van der Waals surface area contributed by atoms with Gasteiger partial charge in [-0.3, -0.25) is 9.59 Å². The van der Waals surface area contributed by atoms with Crippen molar-refractivity contribution in [3.63, 3.8) is 0 Å². The minimum Gasteiger partial charge on any atom is -0.466 e. The number of allylic oxidation sites excluding steroid dienone is 3. The Balaban J connectivity index is 3.41. The van der Waals surface area contributed by atoms with Gasteiger partial charge < -0.3 is 20.3 Å². The minimum absolute atomic E-state index is 0.00874. The lowest BCUT2D eigenvalue weighted by Gasteiger charge is -2.20. The van der Waals surface area contributed by atoms with Gasteiger partial charge in [-0.2, -0.15) is 0 Å². The largest absolute Gasteiger partial charge is 0.466 e. The van der Waals surface area contributed by atoms with Crippen molar-refractivity contribution in [2.24, 2.45) is 0 Å². The quantitative estimate of drug-likeness (QED) is 0.0321. The summed E-state index contributed by atoms with van der Waals surface area (Å²) in [7, 11) is 0. The van der Waals surface area contributed by atoms with Crippen molar-refractivity contribution in [1.82, 2.24) is 5.32 Å². The second kappa shape index (κ2) is 53.0. The lowest BCUT2D eigenvalue weighted by atomic mass is 10.0. The Bertz CT molecular complexity index is 982. The maximum atomic E-state index is 12.4. The molecule has 0 aliphatic carbocycles. The lowest BCUT2D eigenvalue weighted by Crippen LogP contribution is -2.45. The Labute approximate surface area is 392 Å². The van der Waals surface area contributed by atoms with Gasteiger partial charge in [-0.05, 0) is 57.8 Å². The van der Waals surface area contributed by atoms with E-state index >= 15 is 0 Å². The maximum Gasteiger partial charge on any atom is 0.305 e. The van der Waals surface area contributed by atoms with E-state index in [1.807, 2.05) is 6.08 Å². The summed E-state index contributed by atoms with van der Waals surface area (Å²) >= 11 is 0. The first-order chi connectivity index (χ1) is 31.0. The number of hydrogen-bond acceptors (Lipinski definition) is 5. The highest BCUT2D eigenvalue weighted by Crippen LogP contribution is 2.16. The molecule has 0 aromatic carbocycles. The van der Waals surface area contributed by atoms with E-state index in [0.717, 1.165) is 44.9 Å². The molecular formula is C57H109NO5. The maximum absolute atomic E-state index is 12.4. The number of hydrogen-bond donors (Lipinski definition) is 3. The van der Waals surface area contributed by atoms with Gasteiger partial charge in [0.1, 0.15) is 0 Å². The second-order valence-electron chi connectivity index (χ2n) is 19.3. The molecular weight excluding hydrogens is 779 g/mol. The summed E-state index contributed by atoms with van der Waals surface area (Å²) in [6.07, 6.45) is 63.4. The van der Waals surface area contributed by atoms with Crippen LogP contribution in [0, 0.1) is 0 Å². The number of ether oxygens (including phenoxy) is 1. The molecule has 2 unspecified atom stereocenters. The van der Waals surface area contributed by atoms with Crippen molar-refractivity contribution in [3.8, 4) is 0 Å². The van der Waals surface area contributed by atoms with Gasteiger partial charge in [-0.1, -0.05) is 256 Å². The third-order valence-electron chi connectivity index (χ3n) is 13.0. The van der Waals surface area contributed by atoms with E-state index in [2.05, 4.69) is 31.3 Å². The van der Waals surface area contributed by atoms with Gasteiger partial charge in [-0.15, -0.1) is 0 Å². The van der Waals surface area contributed by atoms with Crippen molar-refractivity contribution in [1.29, 1.82) is 0 Å². The predicted octanol–water partition coefficient (Wildman–Crippen LogP) is 17.1. The molecule has 0 aliphatic heterocycles. The molecule has 3 N–H and O–H groups in total. The molecule has 0 bridgehead atoms. The van der Waals surface area contributed by atoms with Gasteiger partial charge in [0, 0.05) is 12.8 Å². The van der Waals surface area contributed by atoms with Crippen LogP contribution in [0.2, 0.25) is 0 Å². The molecule has 372 valence electrons. The number of rotatable bonds is 52. The molecule has 63 heavy (non-hydrogen) atoms. The number of carbonyl (C=O) groups is 2. The molecule has 2 atom stereocenters. The fraction of sp³-hybridized carbons (Fsp3) is 0.895. The molecule has 0 radical (unpaired) electrons. The summed E-state index contributed by atoms with van der Waals surface area (Å²) in [4.78, 5) is 24.4. The molecule has 0 aromatic rings. The van der Waals surface area contributed by atoms with Crippen molar-refractivity contribution in [3.05, 3.63) is 24.3 Å². The fourth-order valence-electron chi connectivity index (χ4n) is 8.63. The highest BCUT2D eigenvalue weighted by atomic mass is 16.5. The Morgan fingerprint density at radius 1 is 0.429 bits per heavy atom. The first kappa shape index (κ1) is 61.3. The SMILES string of the molecule is CCCCCCCCCC/C=C/C(O)C(CO)NC(=O)CCCCCCCCC/C=C\CCCCCCCCCCCOC(=O)CCCCCCCCCCCCCCCCCC. The number of aliphatic hydroxyl groups excluding tert-OH is 2. The van der Waals surface area contributed by atoms with Gasteiger partial charge >= 0.3 is 5.97 Å². The van der Waals surface area contributed by atoms with Crippen LogP contribution >= 0.6 is 0 Å². The van der Waals surface area contributed by atoms with Crippen molar-refractivity contribution in [2.75, 3.05) is 13.2 Å². The number of carbonyl (C=O) groups excluding carboxylic acids is 2. The third-order valence-corrected chi connectivity index (χ3v) is 13.0. The van der Waals surface area contributed by atoms with Crippen LogP contribution in [-0.2, 0) is 14.3 Å².